The van der Waals surface area contributed by atoms with Crippen molar-refractivity contribution in [3.8, 4) is 44.9 Å². The number of aryl methyl sites for hydroxylation is 1. The van der Waals surface area contributed by atoms with E-state index in [1.165, 1.54) is 57.4 Å². The fourth-order valence-electron chi connectivity index (χ4n) is 12.2. The zero-order valence-corrected chi connectivity index (χ0v) is 58.0. The smallest absolute Gasteiger partial charge is 0.340 e. The van der Waals surface area contributed by atoms with Crippen LogP contribution in [-0.4, -0.2) is 124 Å². The Balaban J connectivity index is 0.000000173. The Labute approximate surface area is 595 Å². The molecule has 0 spiro atoms. The quantitative estimate of drug-likeness (QED) is 0.0371. The third-order valence-electron chi connectivity index (χ3n) is 17.4. The number of aromatic hydroxyl groups is 2. The lowest BCUT2D eigenvalue weighted by molar-refractivity contribution is 0.0592. The number of benzene rings is 9. The first-order chi connectivity index (χ1) is 49.4. The Kier molecular flexibility index (Phi) is 25.9. The molecule has 536 valence electrons. The van der Waals surface area contributed by atoms with Gasteiger partial charge >= 0.3 is 17.9 Å². The van der Waals surface area contributed by atoms with Crippen molar-refractivity contribution < 1.29 is 79.7 Å². The van der Waals surface area contributed by atoms with Crippen molar-refractivity contribution in [2.24, 2.45) is 0 Å². The topological polar surface area (TPSA) is 282 Å². The van der Waals surface area contributed by atoms with Crippen LogP contribution in [0.15, 0.2) is 182 Å². The van der Waals surface area contributed by atoms with Crippen LogP contribution in [0.4, 0.5) is 47.3 Å². The second-order valence-corrected chi connectivity index (χ2v) is 26.1. The Morgan fingerprint density at radius 2 is 0.680 bits per heavy atom. The summed E-state index contributed by atoms with van der Waals surface area (Å²) in [6, 6.07) is 49.2. The molecule has 12 rings (SSSR count). The summed E-state index contributed by atoms with van der Waals surface area (Å²) in [4.78, 5) is 82.3. The van der Waals surface area contributed by atoms with E-state index < -0.39 is 57.3 Å². The molecular formula is C79H79F3N6O14S. The van der Waals surface area contributed by atoms with Gasteiger partial charge in [-0.05, 0) is 172 Å². The number of nitrogens with one attached hydrogen (secondary N) is 3. The molecule has 3 aliphatic heterocycles. The number of hydrogen-bond donors (Lipinski definition) is 7. The van der Waals surface area contributed by atoms with Gasteiger partial charge in [-0.2, -0.15) is 8.42 Å². The predicted octanol–water partition coefficient (Wildman–Crippen LogP) is 15.7. The average molecular weight is 1430 g/mol. The number of carbonyl (C=O) groups excluding carboxylic acids is 5. The zero-order valence-electron chi connectivity index (χ0n) is 57.2. The molecule has 24 heteroatoms. The monoisotopic (exact) mass is 1420 g/mol. The zero-order chi connectivity index (χ0) is 73.9. The molecule has 3 heterocycles. The van der Waals surface area contributed by atoms with Crippen molar-refractivity contribution in [2.45, 2.75) is 64.7 Å². The summed E-state index contributed by atoms with van der Waals surface area (Å²) in [6.07, 6.45) is 10.8. The summed E-state index contributed by atoms with van der Waals surface area (Å²) in [6.45, 7) is 7.31. The molecule has 0 atom stereocenters. The molecule has 0 radical (unpaired) electrons. The summed E-state index contributed by atoms with van der Waals surface area (Å²) in [5, 5.41) is 38.2. The van der Waals surface area contributed by atoms with Crippen LogP contribution in [0.2, 0.25) is 0 Å². The number of nitrogens with zero attached hydrogens (tertiary/aromatic N) is 3. The van der Waals surface area contributed by atoms with E-state index in [1.54, 1.807) is 103 Å². The summed E-state index contributed by atoms with van der Waals surface area (Å²) in [5.74, 6) is -6.80. The third kappa shape index (κ3) is 20.2. The van der Waals surface area contributed by atoms with Crippen LogP contribution in [-0.2, 0) is 19.6 Å². The van der Waals surface area contributed by atoms with Crippen molar-refractivity contribution in [2.75, 3.05) is 90.4 Å². The molecule has 3 saturated heterocycles. The number of ether oxygens (including phenoxy) is 2. The Morgan fingerprint density at radius 3 is 0.990 bits per heavy atom. The fraction of sp³-hybridized carbons (Fsp3) is 0.241. The number of phenolic OH excluding ortho intramolecular Hbond substituents is 2. The van der Waals surface area contributed by atoms with Crippen LogP contribution in [0.3, 0.4) is 0 Å². The van der Waals surface area contributed by atoms with Crippen molar-refractivity contribution in [3.63, 3.8) is 0 Å². The van der Waals surface area contributed by atoms with Gasteiger partial charge in [0.25, 0.3) is 27.8 Å². The SMILES string of the molecule is COC(=O)c1cc(F)c(-c2ccccc2)cc1NC(=O)c1cc(N2CCCCC2)ccc1C.COC(=O)c1cc(F)c(-c2ccccc2)cc1NC(=O)c1cc(N2CCCCC2)ccc1O.CS(=O)(=O)O.O=C(Nc1cc(-c2ccccc2)c(F)cc1C(=O)O)c1cc(N2CCCCC2)ccc1O. The maximum atomic E-state index is 14.9. The van der Waals surface area contributed by atoms with Crippen molar-refractivity contribution in [1.82, 2.24) is 0 Å². The molecule has 0 saturated carbocycles. The van der Waals surface area contributed by atoms with Crippen LogP contribution in [0, 0.1) is 24.4 Å². The molecule has 7 N–H and O–H groups in total. The fourth-order valence-corrected chi connectivity index (χ4v) is 12.2. The lowest BCUT2D eigenvalue weighted by atomic mass is 10.0. The number of amides is 3. The number of piperidine rings is 3. The number of carboxylic acids is 1. The van der Waals surface area contributed by atoms with E-state index >= 15 is 0 Å². The number of methoxy groups -OCH3 is 2. The normalized spacial score (nSPS) is 13.4. The third-order valence-corrected chi connectivity index (χ3v) is 17.4. The highest BCUT2D eigenvalue weighted by Gasteiger charge is 2.26. The van der Waals surface area contributed by atoms with E-state index in [0.717, 1.165) is 125 Å². The Bertz CT molecular complexity index is 4470. The number of phenols is 2. The first-order valence-corrected chi connectivity index (χ1v) is 35.2. The molecule has 20 nitrogen and oxygen atoms in total. The number of rotatable bonds is 15. The summed E-state index contributed by atoms with van der Waals surface area (Å²) >= 11 is 0. The molecule has 9 aromatic rings. The van der Waals surface area contributed by atoms with Gasteiger partial charge in [0.05, 0.1) is 65.4 Å². The highest BCUT2D eigenvalue weighted by Crippen LogP contribution is 2.36. The summed E-state index contributed by atoms with van der Waals surface area (Å²) in [5.41, 5.74) is 6.27. The lowest BCUT2D eigenvalue weighted by Crippen LogP contribution is -2.29. The maximum absolute atomic E-state index is 14.9. The summed E-state index contributed by atoms with van der Waals surface area (Å²) < 4.78 is 79.8. The molecular weight excluding hydrogens is 1350 g/mol. The van der Waals surface area contributed by atoms with E-state index in [4.69, 9.17) is 14.0 Å². The highest BCUT2D eigenvalue weighted by atomic mass is 32.2. The maximum Gasteiger partial charge on any atom is 0.340 e. The van der Waals surface area contributed by atoms with Crippen LogP contribution in [0.5, 0.6) is 11.5 Å². The predicted molar refractivity (Wildman–Crippen MR) is 392 cm³/mol. The number of carboxylic acid groups (broad SMARTS) is 1. The van der Waals surface area contributed by atoms with E-state index in [0.29, 0.717) is 28.5 Å². The summed E-state index contributed by atoms with van der Waals surface area (Å²) in [7, 11) is -1.26. The van der Waals surface area contributed by atoms with Gasteiger partial charge in [0, 0.05) is 78.6 Å². The highest BCUT2D eigenvalue weighted by molar-refractivity contribution is 7.85. The minimum Gasteiger partial charge on any atom is -0.507 e. The molecule has 0 unspecified atom stereocenters. The Hall–Kier alpha value is -11.5. The van der Waals surface area contributed by atoms with Gasteiger partial charge in [0.2, 0.25) is 0 Å². The van der Waals surface area contributed by atoms with Crippen LogP contribution in [0.25, 0.3) is 33.4 Å². The molecule has 0 aliphatic carbocycles. The van der Waals surface area contributed by atoms with Crippen LogP contribution in [0.1, 0.15) is 125 Å². The van der Waals surface area contributed by atoms with Gasteiger partial charge in [-0.15, -0.1) is 0 Å². The van der Waals surface area contributed by atoms with Crippen molar-refractivity contribution in [3.05, 3.63) is 238 Å². The van der Waals surface area contributed by atoms with Gasteiger partial charge < -0.3 is 55.4 Å². The molecule has 3 amide bonds. The molecule has 103 heavy (non-hydrogen) atoms. The number of esters is 2. The average Bonchev–Trinajstić information content (AvgIpc) is 0.802. The molecule has 3 fully saturated rings. The molecule has 0 bridgehead atoms. The second kappa shape index (κ2) is 35.2. The molecule has 0 aromatic heterocycles. The molecule has 3 aliphatic rings. The van der Waals surface area contributed by atoms with E-state index in [1.807, 2.05) is 37.3 Å². The first-order valence-electron chi connectivity index (χ1n) is 33.3. The number of carbonyl (C=O) groups is 6. The van der Waals surface area contributed by atoms with Crippen molar-refractivity contribution >= 4 is 79.9 Å². The van der Waals surface area contributed by atoms with Gasteiger partial charge in [-0.1, -0.05) is 97.1 Å². The van der Waals surface area contributed by atoms with Gasteiger partial charge in [0.15, 0.2) is 0 Å². The number of hydrogen-bond acceptors (Lipinski definition) is 15. The van der Waals surface area contributed by atoms with Gasteiger partial charge in [-0.3, -0.25) is 18.9 Å². The van der Waals surface area contributed by atoms with Gasteiger partial charge in [-0.25, -0.2) is 27.6 Å². The second-order valence-electron chi connectivity index (χ2n) is 24.7. The standard InChI is InChI=1S/C27H27FN2O3.C26H25FN2O4.C25H23FN2O4.CH4O3S/c1-18-11-12-20(30-13-7-4-8-14-30)15-21(18)26(31)29-25-17-22(19-9-5-3-6-10-19)24(28)16-23(25)27(32)33-2;1-33-26(32)20-15-22(27)19(17-8-4-2-5-9-17)16-23(20)28-25(31)21-14-18(10-11-24(21)30)29-12-6-3-7-13-29;26-21-14-19(25(31)32)22(15-18(21)16-7-3-1-4-8-16)27-24(30)20-13-17(9-10-23(20)29)28-11-5-2-6-12-28;1-5(2,3)4/h3,5-6,9-12,15-17H,4,7-8,13-14H2,1-2H3,(H,29,31);2,4-5,8-11,14-16,30H,3,6-7,12-13H2,1H3,(H,28,31);1,3-4,7-10,13-15,29H,2,5-6,11-12H2,(H,27,30)(H,31,32);1H3,(H,2,3,4). The number of anilines is 6. The van der Waals surface area contributed by atoms with Gasteiger partial charge in [0.1, 0.15) is 29.0 Å². The van der Waals surface area contributed by atoms with E-state index in [-0.39, 0.29) is 79.0 Å². The Morgan fingerprint density at radius 1 is 0.398 bits per heavy atom. The van der Waals surface area contributed by atoms with Crippen LogP contribution >= 0.6 is 0 Å². The number of halogens is 3. The van der Waals surface area contributed by atoms with E-state index in [2.05, 4.69) is 30.7 Å². The number of aromatic carboxylic acids is 1. The lowest BCUT2D eigenvalue weighted by Gasteiger charge is -2.29. The minimum atomic E-state index is -3.67. The molecule has 9 aromatic carbocycles. The van der Waals surface area contributed by atoms with Crippen LogP contribution < -0.4 is 30.7 Å². The van der Waals surface area contributed by atoms with E-state index in [9.17, 15) is 65.7 Å². The largest absolute Gasteiger partial charge is 0.507 e. The first kappa shape index (κ1) is 75.7. The van der Waals surface area contributed by atoms with Crippen molar-refractivity contribution in [1.29, 1.82) is 0 Å². The minimum absolute atomic E-state index is 0.0231.